The van der Waals surface area contributed by atoms with Crippen molar-refractivity contribution in [2.75, 3.05) is 13.2 Å². The number of carbonyl (C=O) groups excluding carboxylic acids is 7. The number of esters is 6. The van der Waals surface area contributed by atoms with Crippen LogP contribution in [-0.4, -0.2) is 85.5 Å². The molecule has 0 radical (unpaired) electrons. The van der Waals surface area contributed by atoms with Crippen LogP contribution in [0.3, 0.4) is 0 Å². The molecule has 1 spiro atoms. The second kappa shape index (κ2) is 18.8. The van der Waals surface area contributed by atoms with E-state index >= 15 is 0 Å². The Morgan fingerprint density at radius 1 is 0.655 bits per heavy atom. The minimum atomic E-state index is -1.54. The lowest BCUT2D eigenvalue weighted by molar-refractivity contribution is -0.300. The van der Waals surface area contributed by atoms with Crippen molar-refractivity contribution in [3.05, 3.63) is 0 Å². The van der Waals surface area contributed by atoms with Crippen molar-refractivity contribution in [3.63, 3.8) is 0 Å². The van der Waals surface area contributed by atoms with Crippen LogP contribution in [0, 0.1) is 33.5 Å². The lowest BCUT2D eigenvalue weighted by Gasteiger charge is -2.63. The Bertz CT molecular complexity index is 1560. The summed E-state index contributed by atoms with van der Waals surface area (Å²) in [7, 11) is 0. The molecule has 0 aromatic carbocycles. The average molecular weight is 819 g/mol. The van der Waals surface area contributed by atoms with E-state index in [0.717, 1.165) is 117 Å². The van der Waals surface area contributed by atoms with E-state index in [1.165, 1.54) is 6.92 Å². The monoisotopic (exact) mass is 818 g/mol. The van der Waals surface area contributed by atoms with Gasteiger partial charge in [0, 0.05) is 46.0 Å². The van der Waals surface area contributed by atoms with Crippen molar-refractivity contribution in [1.82, 2.24) is 0 Å². The van der Waals surface area contributed by atoms with E-state index in [2.05, 4.69) is 20.8 Å². The smallest absolute Gasteiger partial charge is 0.312 e. The molecule has 5 rings (SSSR count). The highest BCUT2D eigenvalue weighted by molar-refractivity contribution is 5.88. The molecule has 14 nitrogen and oxygen atoms in total. The number of hydrogen-bond acceptors (Lipinski definition) is 14. The summed E-state index contributed by atoms with van der Waals surface area (Å²) in [4.78, 5) is 87.3. The first kappa shape index (κ1) is 45.5. The number of fused-ring (bicyclic) bond motifs is 3. The quantitative estimate of drug-likeness (QED) is 0.0863. The van der Waals surface area contributed by atoms with Crippen LogP contribution in [0.25, 0.3) is 0 Å². The first-order valence-corrected chi connectivity index (χ1v) is 21.5. The molecular formula is C44H66O14. The van der Waals surface area contributed by atoms with Gasteiger partial charge in [0.25, 0.3) is 0 Å². The molecule has 1 heterocycles. The van der Waals surface area contributed by atoms with Gasteiger partial charge >= 0.3 is 35.8 Å². The Balaban J connectivity index is 1.02. The molecule has 4 saturated carbocycles. The standard InChI is InChI=1S/C44H66O14/c1-27(45)53-25-31-36(54-28(2)46)37(55-29(3)47)38(56-30(4)48)39(57-31)58-35(50)16-13-11-9-8-10-12-14-23-52-40(51)43(7)20-15-19-42(6)32(43)18-22-44-24-34(49)41(5,26-44)21-17-33(42)44/h31-33,36-39H,8-26H2,1-7H3/t31-,32+,33+,36-,37+,38+,39-,41+,42-,43-,44+/m1/s1. The van der Waals surface area contributed by atoms with Crippen LogP contribution in [0.15, 0.2) is 0 Å². The highest BCUT2D eigenvalue weighted by Crippen LogP contribution is 2.73. The largest absolute Gasteiger partial charge is 0.465 e. The third-order valence-corrected chi connectivity index (χ3v) is 14.3. The Hall–Kier alpha value is -3.55. The normalized spacial score (nSPS) is 36.4. The molecule has 0 unspecified atom stereocenters. The highest BCUT2D eigenvalue weighted by atomic mass is 16.7. The van der Waals surface area contributed by atoms with Crippen LogP contribution in [0.5, 0.6) is 0 Å². The summed E-state index contributed by atoms with van der Waals surface area (Å²) in [6.45, 7) is 11.3. The molecule has 0 aromatic heterocycles. The lowest BCUT2D eigenvalue weighted by Crippen LogP contribution is -2.63. The maximum atomic E-state index is 13.8. The molecular weight excluding hydrogens is 752 g/mol. The molecule has 2 bridgehead atoms. The fraction of sp³-hybridized carbons (Fsp3) is 0.841. The first-order chi connectivity index (χ1) is 27.3. The average Bonchev–Trinajstić information content (AvgIpc) is 3.31. The molecule has 4 aliphatic carbocycles. The van der Waals surface area contributed by atoms with Crippen molar-refractivity contribution in [2.24, 2.45) is 33.5 Å². The van der Waals surface area contributed by atoms with E-state index in [9.17, 15) is 33.6 Å². The van der Waals surface area contributed by atoms with E-state index in [4.69, 9.17) is 33.2 Å². The third kappa shape index (κ3) is 10.1. The van der Waals surface area contributed by atoms with Gasteiger partial charge in [0.15, 0.2) is 12.2 Å². The molecule has 0 aromatic rings. The number of ether oxygens (including phenoxy) is 7. The topological polar surface area (TPSA) is 184 Å². The maximum Gasteiger partial charge on any atom is 0.312 e. The fourth-order valence-electron chi connectivity index (χ4n) is 11.8. The van der Waals surface area contributed by atoms with Crippen LogP contribution in [-0.2, 0) is 66.7 Å². The maximum absolute atomic E-state index is 13.8. The Labute approximate surface area is 342 Å². The van der Waals surface area contributed by atoms with E-state index < -0.39 is 72.6 Å². The Morgan fingerprint density at radius 2 is 1.26 bits per heavy atom. The Kier molecular flexibility index (Phi) is 14.8. The molecule has 1 saturated heterocycles. The number of ketones is 1. The van der Waals surface area contributed by atoms with E-state index in [0.29, 0.717) is 24.7 Å². The number of unbranched alkanes of at least 4 members (excludes halogenated alkanes) is 6. The highest BCUT2D eigenvalue weighted by Gasteiger charge is 2.68. The van der Waals surface area contributed by atoms with Crippen LogP contribution in [0.4, 0.5) is 0 Å². The van der Waals surface area contributed by atoms with Crippen LogP contribution in [0.1, 0.15) is 158 Å². The van der Waals surface area contributed by atoms with E-state index in [1.54, 1.807) is 0 Å². The molecule has 1 aliphatic heterocycles. The van der Waals surface area contributed by atoms with E-state index in [1.807, 2.05) is 0 Å². The van der Waals surface area contributed by atoms with Gasteiger partial charge in [0.2, 0.25) is 12.4 Å². The van der Waals surface area contributed by atoms with Gasteiger partial charge in [-0.3, -0.25) is 33.6 Å². The zero-order valence-corrected chi connectivity index (χ0v) is 35.7. The van der Waals surface area contributed by atoms with Gasteiger partial charge in [-0.05, 0) is 87.4 Å². The lowest BCUT2D eigenvalue weighted by atomic mass is 9.40. The zero-order chi connectivity index (χ0) is 42.5. The number of Topliss-reactive ketones (excluding diaryl/α,β-unsaturated/α-hetero) is 1. The van der Waals surface area contributed by atoms with Crippen molar-refractivity contribution in [1.29, 1.82) is 0 Å². The van der Waals surface area contributed by atoms with Gasteiger partial charge in [-0.1, -0.05) is 52.4 Å². The minimum absolute atomic E-state index is 0.0425. The van der Waals surface area contributed by atoms with Gasteiger partial charge in [-0.25, -0.2) is 0 Å². The summed E-state index contributed by atoms with van der Waals surface area (Å²) in [5.74, 6) is -2.43. The second-order valence-corrected chi connectivity index (χ2v) is 18.6. The summed E-state index contributed by atoms with van der Waals surface area (Å²) >= 11 is 0. The van der Waals surface area contributed by atoms with Crippen LogP contribution >= 0.6 is 0 Å². The van der Waals surface area contributed by atoms with Crippen LogP contribution < -0.4 is 0 Å². The summed E-state index contributed by atoms with van der Waals surface area (Å²) < 4.78 is 38.5. The Morgan fingerprint density at radius 3 is 1.91 bits per heavy atom. The number of rotatable bonds is 17. The molecule has 5 aliphatic rings. The van der Waals surface area contributed by atoms with E-state index in [-0.39, 0.29) is 34.6 Å². The van der Waals surface area contributed by atoms with Crippen molar-refractivity contribution in [2.45, 2.75) is 188 Å². The molecule has 0 N–H and O–H groups in total. The van der Waals surface area contributed by atoms with Gasteiger partial charge in [-0.15, -0.1) is 0 Å². The SMILES string of the molecule is CC(=O)OC[C@H]1O[C@H](OC(=O)CCCCCCCCCOC(=O)[C@]2(C)CCC[C@@]3(C)[C@@H]4CC[C@@]5(C)C[C@]4(CC[C@@H]32)CC5=O)[C@@H](OC(C)=O)[C@@H](OC(C)=O)[C@@H]1OC(C)=O. The summed E-state index contributed by atoms with van der Waals surface area (Å²) in [6.07, 6.45) is 7.77. The first-order valence-electron chi connectivity index (χ1n) is 21.5. The number of hydrogen-bond donors (Lipinski definition) is 0. The predicted octanol–water partition coefficient (Wildman–Crippen LogP) is 6.65. The molecule has 326 valence electrons. The van der Waals surface area contributed by atoms with Crippen molar-refractivity contribution in [3.8, 4) is 0 Å². The fourth-order valence-corrected chi connectivity index (χ4v) is 11.8. The van der Waals surface area contributed by atoms with Gasteiger partial charge in [-0.2, -0.15) is 0 Å². The molecule has 14 heteroatoms. The van der Waals surface area contributed by atoms with Gasteiger partial charge in [0.1, 0.15) is 18.5 Å². The summed E-state index contributed by atoms with van der Waals surface area (Å²) in [5, 5.41) is 0. The predicted molar refractivity (Wildman–Crippen MR) is 206 cm³/mol. The van der Waals surface area contributed by atoms with Gasteiger partial charge < -0.3 is 33.2 Å². The molecule has 0 amide bonds. The molecule has 11 atom stereocenters. The van der Waals surface area contributed by atoms with Crippen molar-refractivity contribution >= 4 is 41.6 Å². The summed E-state index contributed by atoms with van der Waals surface area (Å²) in [5.41, 5.74) is -0.459. The third-order valence-electron chi connectivity index (χ3n) is 14.3. The summed E-state index contributed by atoms with van der Waals surface area (Å²) in [6, 6.07) is 0. The van der Waals surface area contributed by atoms with Gasteiger partial charge in [0.05, 0.1) is 12.0 Å². The minimum Gasteiger partial charge on any atom is -0.465 e. The molecule has 58 heavy (non-hydrogen) atoms. The molecule has 5 fully saturated rings. The number of carbonyl (C=O) groups is 7. The van der Waals surface area contributed by atoms with Crippen LogP contribution in [0.2, 0.25) is 0 Å². The second-order valence-electron chi connectivity index (χ2n) is 18.6. The van der Waals surface area contributed by atoms with Crippen molar-refractivity contribution < 1.29 is 66.7 Å². The zero-order valence-electron chi connectivity index (χ0n) is 35.7.